The lowest BCUT2D eigenvalue weighted by Crippen LogP contribution is -2.38. The molecule has 0 saturated heterocycles. The van der Waals surface area contributed by atoms with E-state index in [0.717, 1.165) is 23.2 Å². The second-order valence-corrected chi connectivity index (χ2v) is 6.14. The van der Waals surface area contributed by atoms with Gasteiger partial charge < -0.3 is 15.2 Å². The van der Waals surface area contributed by atoms with Gasteiger partial charge in [-0.05, 0) is 27.7 Å². The van der Waals surface area contributed by atoms with Crippen molar-refractivity contribution in [2.24, 2.45) is 4.99 Å². The van der Waals surface area contributed by atoms with Crippen molar-refractivity contribution in [1.29, 1.82) is 0 Å². The summed E-state index contributed by atoms with van der Waals surface area (Å²) < 4.78 is 5.09. The van der Waals surface area contributed by atoms with Crippen LogP contribution in [0.2, 0.25) is 0 Å². The van der Waals surface area contributed by atoms with Crippen molar-refractivity contribution in [3.8, 4) is 0 Å². The predicted octanol–water partition coefficient (Wildman–Crippen LogP) is 2.37. The first kappa shape index (κ1) is 19.8. The molecule has 2 heterocycles. The smallest absolute Gasteiger partial charge is 0.228 e. The van der Waals surface area contributed by atoms with E-state index >= 15 is 0 Å². The molecule has 7 nitrogen and oxygen atoms in total. The number of rotatable bonds is 6. The number of hydrogen-bond acceptors (Lipinski definition) is 6. The van der Waals surface area contributed by atoms with Gasteiger partial charge in [0.15, 0.2) is 11.8 Å². The highest BCUT2D eigenvalue weighted by molar-refractivity contribution is 14.0. The predicted molar refractivity (Wildman–Crippen MR) is 103 cm³/mol. The molecule has 0 spiro atoms. The van der Waals surface area contributed by atoms with Gasteiger partial charge in [0.05, 0.1) is 17.2 Å². The lowest BCUT2D eigenvalue weighted by molar-refractivity contribution is 0.374. The molecule has 2 N–H and O–H groups in total. The molecule has 0 aromatic carbocycles. The van der Waals surface area contributed by atoms with Crippen LogP contribution in [0.4, 0.5) is 0 Å². The number of nitrogens with one attached hydrogen (secondary N) is 2. The zero-order chi connectivity index (χ0) is 15.9. The summed E-state index contributed by atoms with van der Waals surface area (Å²) in [5.74, 6) is 2.07. The zero-order valence-electron chi connectivity index (χ0n) is 13.8. The van der Waals surface area contributed by atoms with E-state index in [9.17, 15) is 0 Å². The van der Waals surface area contributed by atoms with Crippen LogP contribution in [-0.4, -0.2) is 34.2 Å². The molecule has 9 heteroatoms. The van der Waals surface area contributed by atoms with Crippen LogP contribution in [0.15, 0.2) is 9.52 Å². The zero-order valence-corrected chi connectivity index (χ0v) is 17.0. The number of thiazole rings is 1. The Morgan fingerprint density at radius 2 is 2.00 bits per heavy atom. The Bertz CT molecular complexity index is 639. The van der Waals surface area contributed by atoms with Gasteiger partial charge in [0.25, 0.3) is 0 Å². The maximum absolute atomic E-state index is 5.09. The number of nitrogens with zero attached hydrogens (tertiary/aromatic N) is 4. The molecule has 0 fully saturated rings. The lowest BCUT2D eigenvalue weighted by atomic mass is 10.4. The Morgan fingerprint density at radius 3 is 2.57 bits per heavy atom. The number of hydrogen-bond donors (Lipinski definition) is 2. The second kappa shape index (κ2) is 9.81. The van der Waals surface area contributed by atoms with Crippen LogP contribution in [0.25, 0.3) is 0 Å². The van der Waals surface area contributed by atoms with Crippen molar-refractivity contribution in [3.05, 3.63) is 27.3 Å². The first-order valence-corrected chi connectivity index (χ1v) is 8.14. The molecule has 0 radical (unpaired) electrons. The van der Waals surface area contributed by atoms with Crippen molar-refractivity contribution in [2.75, 3.05) is 13.1 Å². The third-order valence-corrected chi connectivity index (χ3v) is 3.98. The molecular formula is C14H23IN6OS. The van der Waals surface area contributed by atoms with Crippen LogP contribution in [0.5, 0.6) is 0 Å². The van der Waals surface area contributed by atoms with Gasteiger partial charge in [-0.25, -0.2) is 9.98 Å². The summed E-state index contributed by atoms with van der Waals surface area (Å²) in [4.78, 5) is 14.4. The summed E-state index contributed by atoms with van der Waals surface area (Å²) in [6.07, 6.45) is 0.671. The van der Waals surface area contributed by atoms with Gasteiger partial charge in [-0.1, -0.05) is 5.16 Å². The molecule has 128 valence electrons. The minimum atomic E-state index is 0. The van der Waals surface area contributed by atoms with Crippen LogP contribution in [-0.2, 0) is 13.0 Å². The first-order chi connectivity index (χ1) is 10.6. The van der Waals surface area contributed by atoms with Crippen molar-refractivity contribution in [1.82, 2.24) is 25.8 Å². The SMILES string of the molecule is CCNC(=NCc1sc(C)nc1C)NCCc1nc(C)no1.I. The number of halogens is 1. The Balaban J connectivity index is 0.00000264. The monoisotopic (exact) mass is 450 g/mol. The van der Waals surface area contributed by atoms with E-state index in [2.05, 4.69) is 30.8 Å². The van der Waals surface area contributed by atoms with Crippen LogP contribution in [0.3, 0.4) is 0 Å². The fraction of sp³-hybridized carbons (Fsp3) is 0.571. The molecule has 0 aliphatic heterocycles. The van der Waals surface area contributed by atoms with Gasteiger partial charge in [-0.2, -0.15) is 4.98 Å². The Morgan fingerprint density at radius 1 is 1.22 bits per heavy atom. The molecule has 2 aromatic heterocycles. The van der Waals surface area contributed by atoms with Gasteiger partial charge in [-0.3, -0.25) is 0 Å². The standard InChI is InChI=1S/C14H22N6OS.HI/c1-5-15-14(16-7-6-13-19-10(3)20-21-13)17-8-12-9(2)18-11(4)22-12;/h5-8H2,1-4H3,(H2,15,16,17);1H. The highest BCUT2D eigenvalue weighted by atomic mass is 127. The molecule has 0 aliphatic rings. The van der Waals surface area contributed by atoms with Gasteiger partial charge in [0.2, 0.25) is 5.89 Å². The number of aliphatic imine (C=N–C) groups is 1. The number of aromatic nitrogens is 3. The highest BCUT2D eigenvalue weighted by Gasteiger charge is 2.06. The van der Waals surface area contributed by atoms with Crippen LogP contribution in [0, 0.1) is 20.8 Å². The summed E-state index contributed by atoms with van der Waals surface area (Å²) >= 11 is 1.69. The summed E-state index contributed by atoms with van der Waals surface area (Å²) in [6.45, 7) is 10.0. The molecule has 0 aliphatic carbocycles. The van der Waals surface area contributed by atoms with Crippen LogP contribution < -0.4 is 10.6 Å². The third-order valence-electron chi connectivity index (χ3n) is 2.93. The topological polar surface area (TPSA) is 88.2 Å². The summed E-state index contributed by atoms with van der Waals surface area (Å²) in [7, 11) is 0. The van der Waals surface area contributed by atoms with E-state index in [-0.39, 0.29) is 24.0 Å². The molecule has 2 rings (SSSR count). The van der Waals surface area contributed by atoms with E-state index in [4.69, 9.17) is 4.52 Å². The quantitative estimate of drug-likeness (QED) is 0.399. The fourth-order valence-electron chi connectivity index (χ4n) is 1.94. The van der Waals surface area contributed by atoms with Crippen LogP contribution >= 0.6 is 35.3 Å². The maximum Gasteiger partial charge on any atom is 0.228 e. The maximum atomic E-state index is 5.09. The molecule has 0 saturated carbocycles. The van der Waals surface area contributed by atoms with Crippen molar-refractivity contribution >= 4 is 41.3 Å². The average molecular weight is 450 g/mol. The first-order valence-electron chi connectivity index (χ1n) is 7.32. The van der Waals surface area contributed by atoms with Gasteiger partial charge >= 0.3 is 0 Å². The van der Waals surface area contributed by atoms with E-state index < -0.39 is 0 Å². The molecule has 0 atom stereocenters. The normalized spacial score (nSPS) is 11.2. The van der Waals surface area contributed by atoms with E-state index in [1.807, 2.05) is 27.7 Å². The summed E-state index contributed by atoms with van der Waals surface area (Å²) in [5.41, 5.74) is 1.06. The van der Waals surface area contributed by atoms with E-state index in [1.54, 1.807) is 11.3 Å². The van der Waals surface area contributed by atoms with Crippen molar-refractivity contribution in [2.45, 2.75) is 40.7 Å². The van der Waals surface area contributed by atoms with Crippen molar-refractivity contribution in [3.63, 3.8) is 0 Å². The molecule has 0 unspecified atom stereocenters. The molecule has 0 bridgehead atoms. The van der Waals surface area contributed by atoms with Crippen LogP contribution in [0.1, 0.15) is 34.2 Å². The number of guanidine groups is 1. The van der Waals surface area contributed by atoms with Gasteiger partial charge in [0, 0.05) is 24.4 Å². The summed E-state index contributed by atoms with van der Waals surface area (Å²) in [6, 6.07) is 0. The molecule has 23 heavy (non-hydrogen) atoms. The molecule has 2 aromatic rings. The Labute approximate surface area is 157 Å². The largest absolute Gasteiger partial charge is 0.357 e. The average Bonchev–Trinajstić information content (AvgIpc) is 3.01. The minimum absolute atomic E-state index is 0. The minimum Gasteiger partial charge on any atom is -0.357 e. The molecule has 0 amide bonds. The van der Waals surface area contributed by atoms with Crippen molar-refractivity contribution < 1.29 is 4.52 Å². The fourth-order valence-corrected chi connectivity index (χ4v) is 2.80. The number of aryl methyl sites for hydroxylation is 3. The Kier molecular flexibility index (Phi) is 8.45. The van der Waals surface area contributed by atoms with Gasteiger partial charge in [-0.15, -0.1) is 35.3 Å². The second-order valence-electron chi connectivity index (χ2n) is 4.85. The van der Waals surface area contributed by atoms with Gasteiger partial charge in [0.1, 0.15) is 0 Å². The molecular weight excluding hydrogens is 427 g/mol. The van der Waals surface area contributed by atoms with E-state index in [0.29, 0.717) is 31.2 Å². The lowest BCUT2D eigenvalue weighted by Gasteiger charge is -2.10. The van der Waals surface area contributed by atoms with E-state index in [1.165, 1.54) is 4.88 Å². The summed E-state index contributed by atoms with van der Waals surface area (Å²) in [5, 5.41) is 11.3. The Hall–Kier alpha value is -1.23. The third kappa shape index (κ3) is 6.42. The highest BCUT2D eigenvalue weighted by Crippen LogP contribution is 2.17.